The highest BCUT2D eigenvalue weighted by molar-refractivity contribution is 5.74. The molecule has 2 aromatic carbocycles. The van der Waals surface area contributed by atoms with Crippen LogP contribution in [0.5, 0.6) is 0 Å². The quantitative estimate of drug-likeness (QED) is 0.419. The molecule has 0 amide bonds. The molecule has 2 aromatic rings. The van der Waals surface area contributed by atoms with Gasteiger partial charge in [0.25, 0.3) is 11.4 Å². The van der Waals surface area contributed by atoms with Crippen LogP contribution in [-0.4, -0.2) is 20.9 Å². The predicted molar refractivity (Wildman–Crippen MR) is 93.9 cm³/mol. The third-order valence-electron chi connectivity index (χ3n) is 3.76. The van der Waals surface area contributed by atoms with Crippen molar-refractivity contribution in [2.45, 2.75) is 6.04 Å². The monoisotopic (exact) mass is 357 g/mol. The molecule has 0 saturated heterocycles. The molecule has 0 radical (unpaired) electrons. The number of nitrogens with zero attached hydrogens (tertiary/aromatic N) is 2. The van der Waals surface area contributed by atoms with Gasteiger partial charge in [-0.15, -0.1) is 6.58 Å². The van der Waals surface area contributed by atoms with Gasteiger partial charge in [-0.2, -0.15) is 0 Å². The van der Waals surface area contributed by atoms with E-state index in [-0.39, 0.29) is 11.4 Å². The molecule has 9 heteroatoms. The van der Waals surface area contributed by atoms with Crippen molar-refractivity contribution in [3.63, 3.8) is 0 Å². The largest absolute Gasteiger partial charge is 0.481 e. The minimum atomic E-state index is -1.13. The number of nitro benzene ring substituents is 2. The van der Waals surface area contributed by atoms with E-state index in [2.05, 4.69) is 11.9 Å². The summed E-state index contributed by atoms with van der Waals surface area (Å²) in [6, 6.07) is 10.2. The molecular formula is C17H15N3O6. The number of nitro groups is 2. The van der Waals surface area contributed by atoms with Crippen molar-refractivity contribution in [3.8, 4) is 0 Å². The van der Waals surface area contributed by atoms with Gasteiger partial charge in [-0.1, -0.05) is 18.2 Å². The van der Waals surface area contributed by atoms with Crippen molar-refractivity contribution in [1.29, 1.82) is 0 Å². The Bertz CT molecular complexity index is 833. The molecule has 0 aromatic heterocycles. The molecule has 2 unspecified atom stereocenters. The van der Waals surface area contributed by atoms with E-state index in [9.17, 15) is 30.1 Å². The van der Waals surface area contributed by atoms with Crippen LogP contribution >= 0.6 is 0 Å². The van der Waals surface area contributed by atoms with Crippen LogP contribution in [0.3, 0.4) is 0 Å². The predicted octanol–water partition coefficient (Wildman–Crippen LogP) is 3.54. The molecule has 2 N–H and O–H groups in total. The first-order valence-corrected chi connectivity index (χ1v) is 7.44. The number of hydrogen-bond donors (Lipinski definition) is 2. The molecular weight excluding hydrogens is 342 g/mol. The highest BCUT2D eigenvalue weighted by atomic mass is 16.6. The zero-order valence-electron chi connectivity index (χ0n) is 13.4. The lowest BCUT2D eigenvalue weighted by Gasteiger charge is -2.24. The lowest BCUT2D eigenvalue weighted by Crippen LogP contribution is -2.26. The van der Waals surface area contributed by atoms with Crippen LogP contribution in [0.1, 0.15) is 11.6 Å². The van der Waals surface area contributed by atoms with Crippen molar-refractivity contribution in [2.24, 2.45) is 5.92 Å². The number of hydrogen-bond acceptors (Lipinski definition) is 6. The number of non-ortho nitro benzene ring substituents is 2. The summed E-state index contributed by atoms with van der Waals surface area (Å²) >= 11 is 0. The summed E-state index contributed by atoms with van der Waals surface area (Å²) in [6.45, 7) is 3.54. The van der Waals surface area contributed by atoms with Crippen LogP contribution < -0.4 is 5.32 Å². The standard InChI is InChI=1S/C17H15N3O6/c1-2-15(17(21)22)16(11-3-7-13(8-4-11)19(23)24)18-12-5-9-14(10-6-12)20(25)26/h2-10,15-16,18H,1H2,(H,21,22). The van der Waals surface area contributed by atoms with Crippen molar-refractivity contribution in [2.75, 3.05) is 5.32 Å². The van der Waals surface area contributed by atoms with E-state index >= 15 is 0 Å². The van der Waals surface area contributed by atoms with E-state index in [1.807, 2.05) is 0 Å². The summed E-state index contributed by atoms with van der Waals surface area (Å²) in [7, 11) is 0. The molecule has 0 heterocycles. The average molecular weight is 357 g/mol. The summed E-state index contributed by atoms with van der Waals surface area (Å²) in [5.74, 6) is -2.15. The number of aliphatic carboxylic acids is 1. The molecule has 0 spiro atoms. The third-order valence-corrected chi connectivity index (χ3v) is 3.76. The molecule has 134 valence electrons. The number of rotatable bonds is 8. The Labute approximate surface area is 147 Å². The van der Waals surface area contributed by atoms with Crippen LogP contribution in [0.25, 0.3) is 0 Å². The highest BCUT2D eigenvalue weighted by Crippen LogP contribution is 2.30. The molecule has 0 fully saturated rings. The fourth-order valence-corrected chi connectivity index (χ4v) is 2.42. The lowest BCUT2D eigenvalue weighted by atomic mass is 9.92. The Morgan fingerprint density at radius 2 is 1.46 bits per heavy atom. The second-order valence-corrected chi connectivity index (χ2v) is 5.37. The number of carboxylic acid groups (broad SMARTS) is 1. The van der Waals surface area contributed by atoms with Crippen LogP contribution in [0, 0.1) is 26.1 Å². The minimum absolute atomic E-state index is 0.0964. The first-order valence-electron chi connectivity index (χ1n) is 7.44. The normalized spacial score (nSPS) is 12.6. The molecule has 0 aliphatic heterocycles. The van der Waals surface area contributed by atoms with Crippen LogP contribution in [0.4, 0.5) is 17.1 Å². The van der Waals surface area contributed by atoms with Gasteiger partial charge < -0.3 is 10.4 Å². The Morgan fingerprint density at radius 3 is 1.85 bits per heavy atom. The van der Waals surface area contributed by atoms with Gasteiger partial charge in [-0.3, -0.25) is 25.0 Å². The topological polar surface area (TPSA) is 136 Å². The fourth-order valence-electron chi connectivity index (χ4n) is 2.42. The van der Waals surface area contributed by atoms with Crippen molar-refractivity contribution < 1.29 is 19.7 Å². The van der Waals surface area contributed by atoms with E-state index < -0.39 is 27.8 Å². The molecule has 0 aliphatic carbocycles. The number of benzene rings is 2. The molecule has 0 saturated carbocycles. The molecule has 26 heavy (non-hydrogen) atoms. The van der Waals surface area contributed by atoms with E-state index in [0.29, 0.717) is 11.3 Å². The van der Waals surface area contributed by atoms with Crippen LogP contribution in [-0.2, 0) is 4.79 Å². The van der Waals surface area contributed by atoms with Gasteiger partial charge in [0.2, 0.25) is 0 Å². The summed E-state index contributed by atoms with van der Waals surface area (Å²) < 4.78 is 0. The Kier molecular flexibility index (Phi) is 5.63. The van der Waals surface area contributed by atoms with Gasteiger partial charge in [0.15, 0.2) is 0 Å². The summed E-state index contributed by atoms with van der Waals surface area (Å²) in [5, 5.41) is 33.9. The van der Waals surface area contributed by atoms with Gasteiger partial charge in [0, 0.05) is 30.0 Å². The van der Waals surface area contributed by atoms with Crippen LogP contribution in [0.15, 0.2) is 61.2 Å². The molecule has 9 nitrogen and oxygen atoms in total. The second kappa shape index (κ2) is 7.88. The molecule has 0 aliphatic rings. The Balaban J connectivity index is 2.37. The van der Waals surface area contributed by atoms with E-state index in [4.69, 9.17) is 0 Å². The van der Waals surface area contributed by atoms with E-state index in [1.54, 1.807) is 0 Å². The summed E-state index contributed by atoms with van der Waals surface area (Å²) in [6.07, 6.45) is 1.26. The lowest BCUT2D eigenvalue weighted by molar-refractivity contribution is -0.385. The maximum atomic E-state index is 11.5. The van der Waals surface area contributed by atoms with Crippen molar-refractivity contribution in [3.05, 3.63) is 87.0 Å². The highest BCUT2D eigenvalue weighted by Gasteiger charge is 2.27. The van der Waals surface area contributed by atoms with E-state index in [1.165, 1.54) is 54.6 Å². The van der Waals surface area contributed by atoms with Gasteiger partial charge in [0.1, 0.15) is 0 Å². The SMILES string of the molecule is C=CC(C(=O)O)C(Nc1ccc([N+](=O)[O-])cc1)c1ccc([N+](=O)[O-])cc1. The number of anilines is 1. The van der Waals surface area contributed by atoms with Gasteiger partial charge in [0.05, 0.1) is 21.8 Å². The maximum absolute atomic E-state index is 11.5. The van der Waals surface area contributed by atoms with Gasteiger partial charge in [-0.25, -0.2) is 0 Å². The Hall–Kier alpha value is -3.75. The summed E-state index contributed by atoms with van der Waals surface area (Å²) in [5.41, 5.74) is 0.752. The van der Waals surface area contributed by atoms with Crippen LogP contribution in [0.2, 0.25) is 0 Å². The number of carboxylic acids is 1. The maximum Gasteiger partial charge on any atom is 0.312 e. The molecule has 2 rings (SSSR count). The zero-order chi connectivity index (χ0) is 19.3. The van der Waals surface area contributed by atoms with E-state index in [0.717, 1.165) is 0 Å². The number of nitrogens with one attached hydrogen (secondary N) is 1. The summed E-state index contributed by atoms with van der Waals surface area (Å²) in [4.78, 5) is 32.0. The second-order valence-electron chi connectivity index (χ2n) is 5.37. The first-order chi connectivity index (χ1) is 12.3. The van der Waals surface area contributed by atoms with Gasteiger partial charge >= 0.3 is 5.97 Å². The smallest absolute Gasteiger partial charge is 0.312 e. The van der Waals surface area contributed by atoms with Gasteiger partial charge in [-0.05, 0) is 17.7 Å². The third kappa shape index (κ3) is 4.20. The zero-order valence-corrected chi connectivity index (χ0v) is 13.4. The molecule has 0 bridgehead atoms. The van der Waals surface area contributed by atoms with Crippen molar-refractivity contribution in [1.82, 2.24) is 0 Å². The van der Waals surface area contributed by atoms with Crippen molar-refractivity contribution >= 4 is 23.0 Å². The fraction of sp³-hybridized carbons (Fsp3) is 0.118. The minimum Gasteiger partial charge on any atom is -0.481 e. The average Bonchev–Trinajstić information content (AvgIpc) is 2.61. The number of carbonyl (C=O) groups is 1. The first kappa shape index (κ1) is 18.6. The molecule has 2 atom stereocenters. The Morgan fingerprint density at radius 1 is 1.00 bits per heavy atom.